The van der Waals surface area contributed by atoms with Crippen molar-refractivity contribution in [3.05, 3.63) is 23.7 Å². The molecule has 3 heteroatoms. The van der Waals surface area contributed by atoms with Crippen molar-refractivity contribution in [2.45, 2.75) is 32.4 Å². The molecule has 0 aromatic carbocycles. The van der Waals surface area contributed by atoms with Crippen molar-refractivity contribution in [1.29, 1.82) is 0 Å². The molecule has 14 heavy (non-hydrogen) atoms. The monoisotopic (exact) mass is 211 g/mol. The van der Waals surface area contributed by atoms with E-state index < -0.39 is 0 Å². The Labute approximate surface area is 89.4 Å². The van der Waals surface area contributed by atoms with Gasteiger partial charge >= 0.3 is 0 Å². The Balaban J connectivity index is 2.08. The topological polar surface area (TPSA) is 25.2 Å². The fraction of sp³-hybridized carbons (Fsp3) is 0.636. The minimum Gasteiger partial charge on any atom is -0.465 e. The second-order valence-corrected chi connectivity index (χ2v) is 5.08. The van der Waals surface area contributed by atoms with Gasteiger partial charge in [0.15, 0.2) is 0 Å². The van der Waals surface area contributed by atoms with Crippen LogP contribution in [0.15, 0.2) is 16.5 Å². The molecule has 0 aliphatic carbocycles. The molecule has 2 unspecified atom stereocenters. The van der Waals surface area contributed by atoms with E-state index in [4.69, 9.17) is 4.42 Å². The maximum atomic E-state index is 5.65. The number of hydrogen-bond donors (Lipinski definition) is 1. The van der Waals surface area contributed by atoms with Crippen LogP contribution in [0.25, 0.3) is 0 Å². The van der Waals surface area contributed by atoms with Gasteiger partial charge in [-0.2, -0.15) is 11.8 Å². The summed E-state index contributed by atoms with van der Waals surface area (Å²) in [5.41, 5.74) is 0. The summed E-state index contributed by atoms with van der Waals surface area (Å²) in [7, 11) is 0. The van der Waals surface area contributed by atoms with Crippen molar-refractivity contribution in [2.75, 3.05) is 11.5 Å². The molecule has 2 rings (SSSR count). The predicted octanol–water partition coefficient (Wildman–Crippen LogP) is 2.74. The lowest BCUT2D eigenvalue weighted by atomic mass is 10.2. The summed E-state index contributed by atoms with van der Waals surface area (Å²) in [6, 6.07) is 5.12. The number of furan rings is 1. The van der Waals surface area contributed by atoms with Crippen molar-refractivity contribution in [2.24, 2.45) is 0 Å². The molecule has 1 fully saturated rings. The van der Waals surface area contributed by atoms with E-state index in [1.807, 2.05) is 24.8 Å². The third-order valence-corrected chi connectivity index (χ3v) is 3.66. The molecule has 1 aromatic rings. The second-order valence-electron chi connectivity index (χ2n) is 3.93. The van der Waals surface area contributed by atoms with Crippen LogP contribution in [0.3, 0.4) is 0 Å². The van der Waals surface area contributed by atoms with Crippen molar-refractivity contribution < 1.29 is 4.42 Å². The van der Waals surface area contributed by atoms with E-state index in [2.05, 4.69) is 18.3 Å². The highest BCUT2D eigenvalue weighted by molar-refractivity contribution is 7.99. The molecule has 2 atom stereocenters. The Morgan fingerprint density at radius 2 is 2.36 bits per heavy atom. The highest BCUT2D eigenvalue weighted by Crippen LogP contribution is 2.24. The smallest absolute Gasteiger partial charge is 0.121 e. The van der Waals surface area contributed by atoms with Crippen LogP contribution in [0.1, 0.15) is 30.9 Å². The van der Waals surface area contributed by atoms with E-state index in [0.29, 0.717) is 12.1 Å². The summed E-state index contributed by atoms with van der Waals surface area (Å²) in [4.78, 5) is 0. The fourth-order valence-electron chi connectivity index (χ4n) is 1.74. The predicted molar refractivity (Wildman–Crippen MR) is 60.7 cm³/mol. The Hall–Kier alpha value is -0.410. The first-order valence-electron chi connectivity index (χ1n) is 5.16. The lowest BCUT2D eigenvalue weighted by Crippen LogP contribution is -2.29. The number of aryl methyl sites for hydroxylation is 1. The molecule has 78 valence electrons. The highest BCUT2D eigenvalue weighted by Gasteiger charge is 2.20. The Kier molecular flexibility index (Phi) is 3.19. The Bertz CT molecular complexity index is 297. The zero-order valence-corrected chi connectivity index (χ0v) is 9.56. The van der Waals surface area contributed by atoms with Crippen molar-refractivity contribution in [3.8, 4) is 0 Å². The van der Waals surface area contributed by atoms with Gasteiger partial charge in [-0.1, -0.05) is 0 Å². The summed E-state index contributed by atoms with van der Waals surface area (Å²) < 4.78 is 5.65. The van der Waals surface area contributed by atoms with E-state index in [-0.39, 0.29) is 0 Å². The highest BCUT2D eigenvalue weighted by atomic mass is 32.2. The maximum absolute atomic E-state index is 5.65. The van der Waals surface area contributed by atoms with Crippen LogP contribution >= 0.6 is 11.8 Å². The zero-order chi connectivity index (χ0) is 9.97. The average Bonchev–Trinajstić information content (AvgIpc) is 2.45. The Morgan fingerprint density at radius 3 is 3.07 bits per heavy atom. The summed E-state index contributed by atoms with van der Waals surface area (Å²) in [5.74, 6) is 4.47. The largest absolute Gasteiger partial charge is 0.465 e. The maximum Gasteiger partial charge on any atom is 0.121 e. The van der Waals surface area contributed by atoms with Gasteiger partial charge in [-0.05, 0) is 38.2 Å². The molecule has 1 saturated heterocycles. The van der Waals surface area contributed by atoms with Gasteiger partial charge in [0, 0.05) is 11.8 Å². The standard InChI is InChI=1S/C11H17NOS/c1-8-5-6-14-7-10(12-8)11-4-3-9(2)13-11/h3-4,8,10,12H,5-7H2,1-2H3. The van der Waals surface area contributed by atoms with Gasteiger partial charge in [0.05, 0.1) is 6.04 Å². The third kappa shape index (κ3) is 2.34. The van der Waals surface area contributed by atoms with Gasteiger partial charge in [0.1, 0.15) is 11.5 Å². The molecule has 1 aliphatic heterocycles. The van der Waals surface area contributed by atoms with E-state index in [9.17, 15) is 0 Å². The van der Waals surface area contributed by atoms with E-state index in [1.54, 1.807) is 0 Å². The molecular weight excluding hydrogens is 194 g/mol. The molecule has 1 N–H and O–H groups in total. The molecule has 2 nitrogen and oxygen atoms in total. The first-order chi connectivity index (χ1) is 6.75. The summed E-state index contributed by atoms with van der Waals surface area (Å²) in [6.45, 7) is 4.24. The molecule has 0 spiro atoms. The van der Waals surface area contributed by atoms with E-state index in [0.717, 1.165) is 17.3 Å². The fourth-order valence-corrected chi connectivity index (χ4v) is 2.92. The van der Waals surface area contributed by atoms with Crippen LogP contribution in [-0.2, 0) is 0 Å². The van der Waals surface area contributed by atoms with Gasteiger partial charge in [0.2, 0.25) is 0 Å². The van der Waals surface area contributed by atoms with Gasteiger partial charge in [-0.3, -0.25) is 0 Å². The number of nitrogens with one attached hydrogen (secondary N) is 1. The van der Waals surface area contributed by atoms with Crippen molar-refractivity contribution in [3.63, 3.8) is 0 Å². The van der Waals surface area contributed by atoms with Crippen LogP contribution in [0.4, 0.5) is 0 Å². The second kappa shape index (κ2) is 4.41. The molecule has 0 saturated carbocycles. The molecule has 0 radical (unpaired) electrons. The molecule has 0 amide bonds. The van der Waals surface area contributed by atoms with Crippen LogP contribution in [0, 0.1) is 6.92 Å². The molecule has 1 aromatic heterocycles. The SMILES string of the molecule is Cc1ccc(C2CSCCC(C)N2)o1. The van der Waals surface area contributed by atoms with Gasteiger partial charge in [0.25, 0.3) is 0 Å². The average molecular weight is 211 g/mol. The van der Waals surface area contributed by atoms with Crippen LogP contribution in [0.2, 0.25) is 0 Å². The normalized spacial score (nSPS) is 28.7. The lowest BCUT2D eigenvalue weighted by molar-refractivity contribution is 0.393. The van der Waals surface area contributed by atoms with Crippen LogP contribution in [-0.4, -0.2) is 17.5 Å². The van der Waals surface area contributed by atoms with Crippen molar-refractivity contribution in [1.82, 2.24) is 5.32 Å². The summed E-state index contributed by atoms with van der Waals surface area (Å²) >= 11 is 2.01. The number of hydrogen-bond acceptors (Lipinski definition) is 3. The summed E-state index contributed by atoms with van der Waals surface area (Å²) in [6.07, 6.45) is 1.25. The molecule has 0 bridgehead atoms. The van der Waals surface area contributed by atoms with Gasteiger partial charge in [-0.25, -0.2) is 0 Å². The zero-order valence-electron chi connectivity index (χ0n) is 8.75. The first-order valence-corrected chi connectivity index (χ1v) is 6.31. The van der Waals surface area contributed by atoms with E-state index >= 15 is 0 Å². The van der Waals surface area contributed by atoms with Crippen LogP contribution < -0.4 is 5.32 Å². The quantitative estimate of drug-likeness (QED) is 0.773. The van der Waals surface area contributed by atoms with Crippen molar-refractivity contribution >= 4 is 11.8 Å². The molecular formula is C11H17NOS. The number of thioether (sulfide) groups is 1. The summed E-state index contributed by atoms with van der Waals surface area (Å²) in [5, 5.41) is 3.59. The van der Waals surface area contributed by atoms with E-state index in [1.165, 1.54) is 12.2 Å². The Morgan fingerprint density at radius 1 is 1.50 bits per heavy atom. The molecule has 1 aliphatic rings. The number of rotatable bonds is 1. The third-order valence-electron chi connectivity index (χ3n) is 2.57. The minimum absolute atomic E-state index is 0.395. The lowest BCUT2D eigenvalue weighted by Gasteiger charge is -2.16. The first kappa shape index (κ1) is 10.1. The molecule has 2 heterocycles. The van der Waals surface area contributed by atoms with Gasteiger partial charge < -0.3 is 9.73 Å². The van der Waals surface area contributed by atoms with Gasteiger partial charge in [-0.15, -0.1) is 0 Å². The van der Waals surface area contributed by atoms with Crippen LogP contribution in [0.5, 0.6) is 0 Å². The minimum atomic E-state index is 0.395.